The first kappa shape index (κ1) is 21.2. The van der Waals surface area contributed by atoms with E-state index in [1.54, 1.807) is 24.3 Å². The molecule has 134 valence electrons. The quantitative estimate of drug-likeness (QED) is 0.260. The Labute approximate surface area is 170 Å². The van der Waals surface area contributed by atoms with Crippen molar-refractivity contribution < 1.29 is 4.79 Å². The van der Waals surface area contributed by atoms with Gasteiger partial charge in [-0.05, 0) is 36.2 Å². The minimum atomic E-state index is -0.224. The number of carbonyl (C=O) groups excluding carboxylic acids is 1. The van der Waals surface area contributed by atoms with E-state index in [1.165, 1.54) is 5.56 Å². The monoisotopic (exact) mass is 472 g/mol. The van der Waals surface area contributed by atoms with Crippen molar-refractivity contribution in [1.29, 1.82) is 0 Å². The zero-order valence-corrected chi connectivity index (χ0v) is 17.0. The van der Waals surface area contributed by atoms with Crippen LogP contribution in [0.5, 0.6) is 0 Å². The van der Waals surface area contributed by atoms with Crippen molar-refractivity contribution in [3.05, 3.63) is 64.7 Å². The van der Waals surface area contributed by atoms with Crippen LogP contribution in [0.2, 0.25) is 5.02 Å². The number of anilines is 1. The molecule has 0 atom stereocenters. The van der Waals surface area contributed by atoms with Crippen LogP contribution in [-0.2, 0) is 6.42 Å². The number of carbonyl (C=O) groups is 1. The van der Waals surface area contributed by atoms with Crippen molar-refractivity contribution in [3.8, 4) is 0 Å². The molecule has 0 aromatic heterocycles. The first-order valence-electron chi connectivity index (χ1n) is 7.78. The lowest BCUT2D eigenvalue weighted by molar-refractivity contribution is 0.0955. The zero-order valence-electron chi connectivity index (χ0n) is 14.0. The Balaban J connectivity index is 0.00000312. The topological polar surface area (TPSA) is 79.5 Å². The number of amides is 1. The Bertz CT molecular complexity index is 737. The van der Waals surface area contributed by atoms with Crippen molar-refractivity contribution >= 4 is 53.1 Å². The molecule has 0 heterocycles. The van der Waals surface area contributed by atoms with Crippen LogP contribution in [0.3, 0.4) is 0 Å². The highest BCUT2D eigenvalue weighted by molar-refractivity contribution is 14.0. The molecule has 1 amide bonds. The Morgan fingerprint density at radius 2 is 1.96 bits per heavy atom. The van der Waals surface area contributed by atoms with E-state index in [9.17, 15) is 4.79 Å². The summed E-state index contributed by atoms with van der Waals surface area (Å²) >= 11 is 5.98. The maximum absolute atomic E-state index is 12.0. The second kappa shape index (κ2) is 10.9. The lowest BCUT2D eigenvalue weighted by Gasteiger charge is -2.08. The SMILES string of the molecule is CCc1cccc(NC(N)=NCCNC(=O)c2ccccc2Cl)c1.I. The number of nitrogens with zero attached hydrogens (tertiary/aromatic N) is 1. The van der Waals surface area contributed by atoms with E-state index in [-0.39, 0.29) is 29.9 Å². The summed E-state index contributed by atoms with van der Waals surface area (Å²) < 4.78 is 0. The van der Waals surface area contributed by atoms with Gasteiger partial charge in [0.15, 0.2) is 5.96 Å². The van der Waals surface area contributed by atoms with E-state index in [0.717, 1.165) is 12.1 Å². The molecule has 7 heteroatoms. The molecule has 5 nitrogen and oxygen atoms in total. The first-order valence-corrected chi connectivity index (χ1v) is 8.16. The highest BCUT2D eigenvalue weighted by atomic mass is 127. The average Bonchev–Trinajstić information content (AvgIpc) is 2.59. The number of hydrogen-bond donors (Lipinski definition) is 3. The van der Waals surface area contributed by atoms with Gasteiger partial charge in [0.2, 0.25) is 0 Å². The Morgan fingerprint density at radius 3 is 2.68 bits per heavy atom. The molecule has 0 aliphatic rings. The number of nitrogens with one attached hydrogen (secondary N) is 2. The van der Waals surface area contributed by atoms with Gasteiger partial charge in [0.05, 0.1) is 17.1 Å². The molecular formula is C18H22ClIN4O. The smallest absolute Gasteiger partial charge is 0.252 e. The summed E-state index contributed by atoms with van der Waals surface area (Å²) in [6.45, 7) is 2.85. The molecule has 0 aliphatic carbocycles. The van der Waals surface area contributed by atoms with Gasteiger partial charge in [0, 0.05) is 12.2 Å². The molecule has 2 aromatic carbocycles. The van der Waals surface area contributed by atoms with Gasteiger partial charge in [0.1, 0.15) is 0 Å². The Hall–Kier alpha value is -1.80. The van der Waals surface area contributed by atoms with Gasteiger partial charge in [-0.15, -0.1) is 24.0 Å². The fourth-order valence-corrected chi connectivity index (χ4v) is 2.36. The van der Waals surface area contributed by atoms with Crippen LogP contribution in [0, 0.1) is 0 Å². The van der Waals surface area contributed by atoms with Crippen LogP contribution >= 0.6 is 35.6 Å². The minimum Gasteiger partial charge on any atom is -0.370 e. The van der Waals surface area contributed by atoms with Crippen LogP contribution in [-0.4, -0.2) is 25.0 Å². The Kier molecular flexibility index (Phi) is 9.30. The number of guanidine groups is 1. The molecule has 2 aromatic rings. The van der Waals surface area contributed by atoms with Gasteiger partial charge < -0.3 is 16.4 Å². The lowest BCUT2D eigenvalue weighted by Crippen LogP contribution is -2.28. The van der Waals surface area contributed by atoms with Crippen LogP contribution in [0.1, 0.15) is 22.8 Å². The number of rotatable bonds is 6. The van der Waals surface area contributed by atoms with E-state index in [4.69, 9.17) is 17.3 Å². The average molecular weight is 473 g/mol. The van der Waals surface area contributed by atoms with Crippen LogP contribution in [0.25, 0.3) is 0 Å². The number of halogens is 2. The summed E-state index contributed by atoms with van der Waals surface area (Å²) in [5.41, 5.74) is 8.42. The molecule has 0 saturated heterocycles. The van der Waals surface area contributed by atoms with Crippen molar-refractivity contribution in [2.75, 3.05) is 18.4 Å². The Morgan fingerprint density at radius 1 is 1.20 bits per heavy atom. The fourth-order valence-electron chi connectivity index (χ4n) is 2.14. The molecule has 2 rings (SSSR count). The standard InChI is InChI=1S/C18H21ClN4O.HI/c1-2-13-6-5-7-14(12-13)23-18(20)22-11-10-21-17(24)15-8-3-4-9-16(15)19;/h3-9,12H,2,10-11H2,1H3,(H,21,24)(H3,20,22,23);1H. The van der Waals surface area contributed by atoms with Crippen LogP contribution < -0.4 is 16.4 Å². The molecule has 0 radical (unpaired) electrons. The third kappa shape index (κ3) is 6.91. The second-order valence-corrected chi connectivity index (χ2v) is 5.59. The summed E-state index contributed by atoms with van der Waals surface area (Å²) in [6, 6.07) is 14.9. The molecule has 0 fully saturated rings. The van der Waals surface area contributed by atoms with E-state index < -0.39 is 0 Å². The highest BCUT2D eigenvalue weighted by Gasteiger charge is 2.08. The van der Waals surface area contributed by atoms with Crippen LogP contribution in [0.15, 0.2) is 53.5 Å². The molecule has 0 aliphatic heterocycles. The molecule has 0 unspecified atom stereocenters. The van der Waals surface area contributed by atoms with E-state index in [1.807, 2.05) is 18.2 Å². The zero-order chi connectivity index (χ0) is 17.4. The third-order valence-electron chi connectivity index (χ3n) is 3.41. The fraction of sp³-hybridized carbons (Fsp3) is 0.222. The number of hydrogen-bond acceptors (Lipinski definition) is 2. The molecule has 0 bridgehead atoms. The predicted molar refractivity (Wildman–Crippen MR) is 115 cm³/mol. The van der Waals surface area contributed by atoms with E-state index in [0.29, 0.717) is 29.6 Å². The summed E-state index contributed by atoms with van der Waals surface area (Å²) in [4.78, 5) is 16.2. The van der Waals surface area contributed by atoms with Gasteiger partial charge >= 0.3 is 0 Å². The second-order valence-electron chi connectivity index (χ2n) is 5.18. The van der Waals surface area contributed by atoms with E-state index >= 15 is 0 Å². The number of nitrogens with two attached hydrogens (primary N) is 1. The molecule has 0 saturated carbocycles. The van der Waals surface area contributed by atoms with Crippen molar-refractivity contribution in [3.63, 3.8) is 0 Å². The molecule has 4 N–H and O–H groups in total. The summed E-state index contributed by atoms with van der Waals surface area (Å²) in [5.74, 6) is 0.0909. The van der Waals surface area contributed by atoms with Gasteiger partial charge in [-0.3, -0.25) is 9.79 Å². The first-order chi connectivity index (χ1) is 11.6. The van der Waals surface area contributed by atoms with Crippen LogP contribution in [0.4, 0.5) is 5.69 Å². The largest absolute Gasteiger partial charge is 0.370 e. The van der Waals surface area contributed by atoms with Crippen molar-refractivity contribution in [1.82, 2.24) is 5.32 Å². The third-order valence-corrected chi connectivity index (χ3v) is 3.74. The summed E-state index contributed by atoms with van der Waals surface area (Å²) in [7, 11) is 0. The highest BCUT2D eigenvalue weighted by Crippen LogP contribution is 2.14. The van der Waals surface area contributed by atoms with Crippen molar-refractivity contribution in [2.24, 2.45) is 10.7 Å². The van der Waals surface area contributed by atoms with Gasteiger partial charge in [-0.2, -0.15) is 0 Å². The minimum absolute atomic E-state index is 0. The summed E-state index contributed by atoms with van der Waals surface area (Å²) in [6.07, 6.45) is 0.959. The van der Waals surface area contributed by atoms with Gasteiger partial charge in [0.25, 0.3) is 5.91 Å². The molecular weight excluding hydrogens is 451 g/mol. The number of aryl methyl sites for hydroxylation is 1. The van der Waals surface area contributed by atoms with E-state index in [2.05, 4.69) is 28.6 Å². The van der Waals surface area contributed by atoms with Crippen molar-refractivity contribution in [2.45, 2.75) is 13.3 Å². The van der Waals surface area contributed by atoms with Gasteiger partial charge in [-0.25, -0.2) is 0 Å². The molecule has 25 heavy (non-hydrogen) atoms. The maximum atomic E-state index is 12.0. The number of benzene rings is 2. The number of aliphatic imine (C=N–C) groups is 1. The molecule has 0 spiro atoms. The normalized spacial score (nSPS) is 10.7. The van der Waals surface area contributed by atoms with Gasteiger partial charge in [-0.1, -0.05) is 42.8 Å². The summed E-state index contributed by atoms with van der Waals surface area (Å²) in [5, 5.41) is 6.23. The predicted octanol–water partition coefficient (Wildman–Crippen LogP) is 3.68. The maximum Gasteiger partial charge on any atom is 0.252 e. The lowest BCUT2D eigenvalue weighted by atomic mass is 10.1.